The minimum atomic E-state index is -4.47. The standard InChI is InChI=1S/C7H6N2O6S/c10-7(11)5-3-1-2-4-6(5)16(14,15)8-9(12)13/h1-4,8H,(H,10,11). The van der Waals surface area contributed by atoms with Gasteiger partial charge in [-0.15, -0.1) is 0 Å². The van der Waals surface area contributed by atoms with Crippen LogP contribution < -0.4 is 4.83 Å². The second-order valence-corrected chi connectivity index (χ2v) is 4.28. The van der Waals surface area contributed by atoms with Gasteiger partial charge < -0.3 is 5.11 Å². The minimum Gasteiger partial charge on any atom is -0.478 e. The van der Waals surface area contributed by atoms with E-state index in [1.807, 2.05) is 0 Å². The van der Waals surface area contributed by atoms with Gasteiger partial charge in [0.25, 0.3) is 0 Å². The molecule has 16 heavy (non-hydrogen) atoms. The van der Waals surface area contributed by atoms with Gasteiger partial charge in [-0.3, -0.25) is 0 Å². The van der Waals surface area contributed by atoms with E-state index in [4.69, 9.17) is 5.11 Å². The van der Waals surface area contributed by atoms with E-state index >= 15 is 0 Å². The topological polar surface area (TPSA) is 127 Å². The lowest BCUT2D eigenvalue weighted by Gasteiger charge is -2.03. The smallest absolute Gasteiger partial charge is 0.337 e. The van der Waals surface area contributed by atoms with Crippen molar-refractivity contribution in [1.29, 1.82) is 0 Å². The molecule has 8 nitrogen and oxygen atoms in total. The Labute approximate surface area is 89.7 Å². The van der Waals surface area contributed by atoms with Crippen molar-refractivity contribution in [2.24, 2.45) is 0 Å². The van der Waals surface area contributed by atoms with Crippen molar-refractivity contribution < 1.29 is 23.4 Å². The molecule has 0 saturated heterocycles. The molecule has 1 rings (SSSR count). The molecule has 0 spiro atoms. The van der Waals surface area contributed by atoms with Crippen LogP contribution in [0.5, 0.6) is 0 Å². The molecule has 0 saturated carbocycles. The Morgan fingerprint density at radius 2 is 1.94 bits per heavy atom. The molecule has 0 aliphatic heterocycles. The van der Waals surface area contributed by atoms with Crippen molar-refractivity contribution in [3.8, 4) is 0 Å². The number of benzene rings is 1. The van der Waals surface area contributed by atoms with Gasteiger partial charge in [0, 0.05) is 0 Å². The maximum atomic E-state index is 11.4. The van der Waals surface area contributed by atoms with E-state index in [0.717, 1.165) is 17.0 Å². The van der Waals surface area contributed by atoms with Gasteiger partial charge in [-0.1, -0.05) is 12.1 Å². The summed E-state index contributed by atoms with van der Waals surface area (Å²) in [6, 6.07) is 4.59. The van der Waals surface area contributed by atoms with Gasteiger partial charge in [0.2, 0.25) is 0 Å². The van der Waals surface area contributed by atoms with Crippen LogP contribution in [0.25, 0.3) is 0 Å². The van der Waals surface area contributed by atoms with E-state index in [1.54, 1.807) is 0 Å². The van der Waals surface area contributed by atoms with Gasteiger partial charge >= 0.3 is 16.0 Å². The number of sulfonamides is 1. The number of hydrazine groups is 1. The monoisotopic (exact) mass is 246 g/mol. The molecular weight excluding hydrogens is 240 g/mol. The minimum absolute atomic E-state index is 0.531. The molecule has 0 radical (unpaired) electrons. The average Bonchev–Trinajstić information content (AvgIpc) is 2.15. The van der Waals surface area contributed by atoms with Gasteiger partial charge in [0.1, 0.15) is 4.90 Å². The molecule has 1 aromatic carbocycles. The zero-order chi connectivity index (χ0) is 12.3. The lowest BCUT2D eigenvalue weighted by molar-refractivity contribution is -0.518. The Morgan fingerprint density at radius 3 is 2.44 bits per heavy atom. The van der Waals surface area contributed by atoms with Crippen LogP contribution in [0.15, 0.2) is 29.2 Å². The van der Waals surface area contributed by atoms with Gasteiger partial charge in [0.05, 0.1) is 5.56 Å². The van der Waals surface area contributed by atoms with Crippen molar-refractivity contribution in [3.63, 3.8) is 0 Å². The summed E-state index contributed by atoms with van der Waals surface area (Å²) in [6.07, 6.45) is 0. The van der Waals surface area contributed by atoms with Crippen LogP contribution in [-0.4, -0.2) is 24.5 Å². The van der Waals surface area contributed by atoms with Crippen molar-refractivity contribution >= 4 is 16.0 Å². The van der Waals surface area contributed by atoms with Crippen LogP contribution in [0.3, 0.4) is 0 Å². The molecule has 0 aliphatic rings. The molecule has 1 aromatic rings. The van der Waals surface area contributed by atoms with Gasteiger partial charge in [0.15, 0.2) is 5.03 Å². The fraction of sp³-hybridized carbons (Fsp3) is 0. The molecule has 9 heteroatoms. The van der Waals surface area contributed by atoms with E-state index in [0.29, 0.717) is 0 Å². The van der Waals surface area contributed by atoms with Crippen LogP contribution in [0.2, 0.25) is 0 Å². The first-order valence-corrected chi connectivity index (χ1v) is 5.32. The predicted octanol–water partition coefficient (Wildman–Crippen LogP) is -0.145. The molecule has 0 aliphatic carbocycles. The highest BCUT2D eigenvalue weighted by Gasteiger charge is 2.25. The summed E-state index contributed by atoms with van der Waals surface area (Å²) in [7, 11) is -4.47. The number of nitro groups is 1. The van der Waals surface area contributed by atoms with Crippen LogP contribution in [-0.2, 0) is 10.0 Å². The number of rotatable bonds is 4. The number of hydrogen-bond donors (Lipinski definition) is 2. The maximum absolute atomic E-state index is 11.4. The van der Waals surface area contributed by atoms with Crippen molar-refractivity contribution in [1.82, 2.24) is 4.83 Å². The van der Waals surface area contributed by atoms with Crippen molar-refractivity contribution in [3.05, 3.63) is 39.9 Å². The molecule has 0 aromatic heterocycles. The van der Waals surface area contributed by atoms with E-state index in [9.17, 15) is 23.3 Å². The Hall–Kier alpha value is -2.16. The molecule has 86 valence electrons. The number of carboxylic acids is 1. The largest absolute Gasteiger partial charge is 0.478 e. The molecule has 0 amide bonds. The molecular formula is C7H6N2O6S. The lowest BCUT2D eigenvalue weighted by Crippen LogP contribution is -2.30. The molecule has 0 heterocycles. The normalized spacial score (nSPS) is 10.8. The lowest BCUT2D eigenvalue weighted by atomic mass is 10.2. The quantitative estimate of drug-likeness (QED) is 0.562. The van der Waals surface area contributed by atoms with E-state index in [2.05, 4.69) is 0 Å². The number of aromatic carboxylic acids is 1. The summed E-state index contributed by atoms with van der Waals surface area (Å²) < 4.78 is 22.7. The Kier molecular flexibility index (Phi) is 3.09. The summed E-state index contributed by atoms with van der Waals surface area (Å²) in [5, 5.41) is 17.5. The summed E-state index contributed by atoms with van der Waals surface area (Å²) in [4.78, 5) is 21.1. The molecule has 0 bridgehead atoms. The first-order valence-electron chi connectivity index (χ1n) is 3.84. The van der Waals surface area contributed by atoms with Crippen LogP contribution in [0, 0.1) is 10.1 Å². The highest BCUT2D eigenvalue weighted by molar-refractivity contribution is 7.89. The van der Waals surface area contributed by atoms with Crippen LogP contribution in [0.4, 0.5) is 0 Å². The number of carbonyl (C=O) groups is 1. The first kappa shape index (κ1) is 11.9. The predicted molar refractivity (Wildman–Crippen MR) is 50.7 cm³/mol. The van der Waals surface area contributed by atoms with Crippen molar-refractivity contribution in [2.45, 2.75) is 4.90 Å². The zero-order valence-electron chi connectivity index (χ0n) is 7.65. The molecule has 0 atom stereocenters. The second-order valence-electron chi connectivity index (χ2n) is 2.65. The Balaban J connectivity index is 3.33. The zero-order valence-corrected chi connectivity index (χ0v) is 8.47. The highest BCUT2D eigenvalue weighted by Crippen LogP contribution is 2.14. The van der Waals surface area contributed by atoms with E-state index in [-0.39, 0.29) is 0 Å². The van der Waals surface area contributed by atoms with E-state index in [1.165, 1.54) is 12.1 Å². The number of carboxylic acid groups (broad SMARTS) is 1. The second kappa shape index (κ2) is 4.14. The SMILES string of the molecule is O=C(O)c1ccccc1S(=O)(=O)N[N+](=O)[O-]. The Morgan fingerprint density at radius 1 is 1.38 bits per heavy atom. The fourth-order valence-corrected chi connectivity index (χ4v) is 2.02. The highest BCUT2D eigenvalue weighted by atomic mass is 32.2. The van der Waals surface area contributed by atoms with Gasteiger partial charge in [-0.05, 0) is 17.0 Å². The number of nitrogens with one attached hydrogen (secondary N) is 1. The molecule has 2 N–H and O–H groups in total. The van der Waals surface area contributed by atoms with Gasteiger partial charge in [-0.25, -0.2) is 14.9 Å². The summed E-state index contributed by atoms with van der Waals surface area (Å²) in [5.74, 6) is -1.48. The summed E-state index contributed by atoms with van der Waals surface area (Å²) in [5.41, 5.74) is -0.531. The van der Waals surface area contributed by atoms with Crippen molar-refractivity contribution in [2.75, 3.05) is 0 Å². The first-order chi connectivity index (χ1) is 7.34. The van der Waals surface area contributed by atoms with Gasteiger partial charge in [-0.2, -0.15) is 8.42 Å². The summed E-state index contributed by atoms with van der Waals surface area (Å²) >= 11 is 0. The van der Waals surface area contributed by atoms with E-state index < -0.39 is 31.5 Å². The third-order valence-electron chi connectivity index (χ3n) is 1.60. The van der Waals surface area contributed by atoms with Crippen LogP contribution in [0.1, 0.15) is 10.4 Å². The molecule has 0 fully saturated rings. The fourth-order valence-electron chi connectivity index (χ4n) is 1.02. The third-order valence-corrected chi connectivity index (χ3v) is 2.93. The maximum Gasteiger partial charge on any atom is 0.337 e. The Bertz CT molecular complexity index is 538. The summed E-state index contributed by atoms with van der Waals surface area (Å²) in [6.45, 7) is 0. The van der Waals surface area contributed by atoms with Crippen LogP contribution >= 0.6 is 0 Å². The average molecular weight is 246 g/mol. The number of nitrogens with zero attached hydrogens (tertiary/aromatic N) is 1. The molecule has 0 unspecified atom stereocenters. The number of hydrogen-bond acceptors (Lipinski definition) is 5. The third kappa shape index (κ3) is 2.45.